The number of rotatable bonds is 10. The van der Waals surface area contributed by atoms with Crippen molar-refractivity contribution in [1.29, 1.82) is 0 Å². The Hall–Kier alpha value is -4.04. The number of nitrogens with one attached hydrogen (secondary N) is 1. The SMILES string of the molecule is COc1cc(NC(=O)CCC(=O)N2CCN(Cc3cccc(-c4ccccc4)c3)CC2)cc(OC)c1OC. The summed E-state index contributed by atoms with van der Waals surface area (Å²) in [6.07, 6.45) is 0.261. The van der Waals surface area contributed by atoms with Gasteiger partial charge < -0.3 is 24.4 Å². The van der Waals surface area contributed by atoms with E-state index in [-0.39, 0.29) is 24.7 Å². The lowest BCUT2D eigenvalue weighted by Crippen LogP contribution is -2.48. The standard InChI is InChI=1S/C30H35N3O5/c1-36-26-19-25(20-27(37-2)30(26)38-3)31-28(34)12-13-29(35)33-16-14-32(15-17-33)21-22-8-7-11-24(18-22)23-9-5-4-6-10-23/h4-11,18-20H,12-17,21H2,1-3H3,(H,31,34). The van der Waals surface area contributed by atoms with Gasteiger partial charge >= 0.3 is 0 Å². The molecule has 0 unspecified atom stereocenters. The van der Waals surface area contributed by atoms with E-state index in [0.717, 1.165) is 19.6 Å². The molecular formula is C30H35N3O5. The summed E-state index contributed by atoms with van der Waals surface area (Å²) in [5.41, 5.74) is 4.19. The topological polar surface area (TPSA) is 80.3 Å². The lowest BCUT2D eigenvalue weighted by molar-refractivity contribution is -0.134. The first kappa shape index (κ1) is 27.0. The molecule has 0 aliphatic carbocycles. The molecule has 0 atom stereocenters. The van der Waals surface area contributed by atoms with Crippen molar-refractivity contribution in [3.8, 4) is 28.4 Å². The average molecular weight is 518 g/mol. The maximum Gasteiger partial charge on any atom is 0.224 e. The van der Waals surface area contributed by atoms with Crippen LogP contribution in [0, 0.1) is 0 Å². The molecule has 2 amide bonds. The first-order valence-corrected chi connectivity index (χ1v) is 12.7. The highest BCUT2D eigenvalue weighted by molar-refractivity contribution is 5.94. The molecule has 0 spiro atoms. The molecule has 1 heterocycles. The fourth-order valence-corrected chi connectivity index (χ4v) is 4.65. The van der Waals surface area contributed by atoms with Gasteiger partial charge in [0.25, 0.3) is 0 Å². The molecule has 38 heavy (non-hydrogen) atoms. The Morgan fingerprint density at radius 1 is 0.763 bits per heavy atom. The molecule has 8 nitrogen and oxygen atoms in total. The van der Waals surface area contributed by atoms with Gasteiger partial charge in [-0.25, -0.2) is 0 Å². The van der Waals surface area contributed by atoms with E-state index in [1.165, 1.54) is 38.0 Å². The number of anilines is 1. The fourth-order valence-electron chi connectivity index (χ4n) is 4.65. The van der Waals surface area contributed by atoms with E-state index in [2.05, 4.69) is 58.7 Å². The number of hydrogen-bond acceptors (Lipinski definition) is 6. The van der Waals surface area contributed by atoms with Crippen LogP contribution in [0.5, 0.6) is 17.2 Å². The monoisotopic (exact) mass is 517 g/mol. The van der Waals surface area contributed by atoms with Crippen LogP contribution in [0.15, 0.2) is 66.7 Å². The number of carbonyl (C=O) groups excluding carboxylic acids is 2. The van der Waals surface area contributed by atoms with Crippen LogP contribution in [0.1, 0.15) is 18.4 Å². The van der Waals surface area contributed by atoms with E-state index in [9.17, 15) is 9.59 Å². The van der Waals surface area contributed by atoms with Gasteiger partial charge in [-0.15, -0.1) is 0 Å². The average Bonchev–Trinajstić information content (AvgIpc) is 2.96. The smallest absolute Gasteiger partial charge is 0.224 e. The van der Waals surface area contributed by atoms with Crippen LogP contribution >= 0.6 is 0 Å². The van der Waals surface area contributed by atoms with E-state index < -0.39 is 0 Å². The lowest BCUT2D eigenvalue weighted by Gasteiger charge is -2.35. The summed E-state index contributed by atoms with van der Waals surface area (Å²) in [5.74, 6) is 1.09. The van der Waals surface area contributed by atoms with E-state index in [4.69, 9.17) is 14.2 Å². The number of piperazine rings is 1. The fraction of sp³-hybridized carbons (Fsp3) is 0.333. The van der Waals surface area contributed by atoms with Gasteiger partial charge in [0.05, 0.1) is 21.3 Å². The summed E-state index contributed by atoms with van der Waals surface area (Å²) < 4.78 is 16.0. The molecule has 1 N–H and O–H groups in total. The Bertz CT molecular complexity index is 1210. The predicted octanol–water partition coefficient (Wildman–Crippen LogP) is 4.44. The van der Waals surface area contributed by atoms with Crippen molar-refractivity contribution in [2.45, 2.75) is 19.4 Å². The van der Waals surface area contributed by atoms with Crippen LogP contribution in [0.25, 0.3) is 11.1 Å². The molecule has 1 saturated heterocycles. The minimum absolute atomic E-state index is 0.00392. The van der Waals surface area contributed by atoms with Gasteiger partial charge in [0.15, 0.2) is 11.5 Å². The van der Waals surface area contributed by atoms with E-state index >= 15 is 0 Å². The number of benzene rings is 3. The van der Waals surface area contributed by atoms with Crippen LogP contribution in [0.4, 0.5) is 5.69 Å². The number of nitrogens with zero attached hydrogens (tertiary/aromatic N) is 2. The third kappa shape index (κ3) is 6.83. The molecule has 3 aromatic rings. The number of hydrogen-bond donors (Lipinski definition) is 1. The number of amides is 2. The minimum Gasteiger partial charge on any atom is -0.493 e. The number of methoxy groups -OCH3 is 3. The molecule has 1 fully saturated rings. The normalized spacial score (nSPS) is 13.6. The number of carbonyl (C=O) groups is 2. The zero-order chi connectivity index (χ0) is 26.9. The molecule has 0 saturated carbocycles. The molecular weight excluding hydrogens is 482 g/mol. The van der Waals surface area contributed by atoms with Crippen molar-refractivity contribution in [1.82, 2.24) is 9.80 Å². The van der Waals surface area contributed by atoms with Gasteiger partial charge in [-0.3, -0.25) is 14.5 Å². The van der Waals surface area contributed by atoms with Crippen molar-refractivity contribution in [3.05, 3.63) is 72.3 Å². The summed E-state index contributed by atoms with van der Waals surface area (Å²) in [4.78, 5) is 29.5. The predicted molar refractivity (Wildman–Crippen MR) is 148 cm³/mol. The van der Waals surface area contributed by atoms with Crippen LogP contribution in [0.2, 0.25) is 0 Å². The molecule has 1 aliphatic heterocycles. The van der Waals surface area contributed by atoms with Gasteiger partial charge in [0, 0.05) is 63.4 Å². The molecule has 1 aliphatic rings. The third-order valence-electron chi connectivity index (χ3n) is 6.68. The van der Waals surface area contributed by atoms with Crippen LogP contribution < -0.4 is 19.5 Å². The quantitative estimate of drug-likeness (QED) is 0.428. The zero-order valence-corrected chi connectivity index (χ0v) is 22.2. The molecule has 0 bridgehead atoms. The highest BCUT2D eigenvalue weighted by atomic mass is 16.5. The molecule has 0 radical (unpaired) electrons. The zero-order valence-electron chi connectivity index (χ0n) is 22.2. The Kier molecular flexibility index (Phi) is 9.21. The highest BCUT2D eigenvalue weighted by Gasteiger charge is 2.22. The summed E-state index contributed by atoms with van der Waals surface area (Å²) >= 11 is 0. The molecule has 200 valence electrons. The largest absolute Gasteiger partial charge is 0.493 e. The molecule has 4 rings (SSSR count). The van der Waals surface area contributed by atoms with E-state index in [0.29, 0.717) is 36.0 Å². The maximum atomic E-state index is 12.8. The van der Waals surface area contributed by atoms with Gasteiger partial charge in [-0.05, 0) is 22.8 Å². The Morgan fingerprint density at radius 3 is 2.05 bits per heavy atom. The van der Waals surface area contributed by atoms with Gasteiger partial charge in [-0.2, -0.15) is 0 Å². The molecule has 8 heteroatoms. The van der Waals surface area contributed by atoms with E-state index in [1.54, 1.807) is 12.1 Å². The minimum atomic E-state index is -0.246. The second-order valence-corrected chi connectivity index (χ2v) is 9.19. The number of ether oxygens (including phenoxy) is 3. The van der Waals surface area contributed by atoms with Gasteiger partial charge in [0.1, 0.15) is 0 Å². The van der Waals surface area contributed by atoms with Gasteiger partial charge in [-0.1, -0.05) is 48.5 Å². The highest BCUT2D eigenvalue weighted by Crippen LogP contribution is 2.40. The maximum absolute atomic E-state index is 12.8. The summed E-state index contributed by atoms with van der Waals surface area (Å²) in [5, 5.41) is 2.82. The van der Waals surface area contributed by atoms with Crippen molar-refractivity contribution < 1.29 is 23.8 Å². The molecule has 0 aromatic heterocycles. The third-order valence-corrected chi connectivity index (χ3v) is 6.68. The Labute approximate surface area is 224 Å². The van der Waals surface area contributed by atoms with Crippen molar-refractivity contribution in [2.75, 3.05) is 52.8 Å². The van der Waals surface area contributed by atoms with Crippen LogP contribution in [-0.2, 0) is 16.1 Å². The summed E-state index contributed by atoms with van der Waals surface area (Å²) in [6, 6.07) is 22.3. The van der Waals surface area contributed by atoms with Crippen LogP contribution in [-0.4, -0.2) is 69.1 Å². The van der Waals surface area contributed by atoms with Crippen molar-refractivity contribution in [3.63, 3.8) is 0 Å². The first-order valence-electron chi connectivity index (χ1n) is 12.7. The molecule has 3 aromatic carbocycles. The van der Waals surface area contributed by atoms with Gasteiger partial charge in [0.2, 0.25) is 17.6 Å². The van der Waals surface area contributed by atoms with E-state index in [1.807, 2.05) is 11.0 Å². The first-order chi connectivity index (χ1) is 18.5. The van der Waals surface area contributed by atoms with Crippen molar-refractivity contribution in [2.24, 2.45) is 0 Å². The second kappa shape index (κ2) is 13.0. The summed E-state index contributed by atoms with van der Waals surface area (Å²) in [7, 11) is 4.56. The van der Waals surface area contributed by atoms with Crippen molar-refractivity contribution >= 4 is 17.5 Å². The summed E-state index contributed by atoms with van der Waals surface area (Å²) in [6.45, 7) is 3.77. The Balaban J connectivity index is 1.24. The second-order valence-electron chi connectivity index (χ2n) is 9.19. The van der Waals surface area contributed by atoms with Crippen LogP contribution in [0.3, 0.4) is 0 Å². The lowest BCUT2D eigenvalue weighted by atomic mass is 10.0. The Morgan fingerprint density at radius 2 is 1.42 bits per heavy atom.